The van der Waals surface area contributed by atoms with Gasteiger partial charge in [0.25, 0.3) is 5.69 Å². The normalized spacial score (nSPS) is 21.1. The molecule has 1 N–H and O–H groups in total. The first-order chi connectivity index (χ1) is 13.3. The van der Waals surface area contributed by atoms with E-state index in [1.165, 1.54) is 25.3 Å². The van der Waals surface area contributed by atoms with Crippen molar-refractivity contribution in [2.75, 3.05) is 20.3 Å². The van der Waals surface area contributed by atoms with Gasteiger partial charge in [0, 0.05) is 23.5 Å². The molecule has 0 aromatic heterocycles. The lowest BCUT2D eigenvalue weighted by Gasteiger charge is -2.30. The zero-order valence-electron chi connectivity index (χ0n) is 15.7. The number of carbonyl (C=O) groups is 2. The van der Waals surface area contributed by atoms with Crippen molar-refractivity contribution in [2.24, 2.45) is 0 Å². The summed E-state index contributed by atoms with van der Waals surface area (Å²) in [6.07, 6.45) is -0.116. The Bertz CT molecular complexity index is 899. The fourth-order valence-corrected chi connectivity index (χ4v) is 3.21. The maximum absolute atomic E-state index is 12.8. The monoisotopic (exact) mass is 388 g/mol. The van der Waals surface area contributed by atoms with Crippen LogP contribution in [0.1, 0.15) is 25.3 Å². The predicted molar refractivity (Wildman–Crippen MR) is 97.1 cm³/mol. The number of epoxide rings is 1. The van der Waals surface area contributed by atoms with Crippen molar-refractivity contribution in [1.29, 1.82) is 0 Å². The first-order valence-corrected chi connectivity index (χ1v) is 8.63. The molecule has 3 rings (SSSR count). The first-order valence-electron chi connectivity index (χ1n) is 8.63. The largest absolute Gasteiger partial charge is 0.466 e. The van der Waals surface area contributed by atoms with Crippen LogP contribution < -0.4 is 5.32 Å². The Hall–Kier alpha value is -3.20. The minimum atomic E-state index is -0.860. The van der Waals surface area contributed by atoms with Crippen molar-refractivity contribution in [1.82, 2.24) is 5.32 Å². The molecule has 2 heterocycles. The molecule has 0 amide bonds. The van der Waals surface area contributed by atoms with E-state index in [1.54, 1.807) is 19.9 Å². The number of non-ortho nitro benzene ring substituents is 1. The maximum atomic E-state index is 12.8. The van der Waals surface area contributed by atoms with Gasteiger partial charge in [-0.25, -0.2) is 9.59 Å². The number of dihydropyridines is 1. The average molecular weight is 388 g/mol. The molecular weight excluding hydrogens is 368 g/mol. The Morgan fingerprint density at radius 1 is 1.25 bits per heavy atom. The van der Waals surface area contributed by atoms with Gasteiger partial charge in [0.1, 0.15) is 12.7 Å². The molecule has 9 heteroatoms. The van der Waals surface area contributed by atoms with E-state index in [1.807, 2.05) is 0 Å². The summed E-state index contributed by atoms with van der Waals surface area (Å²) in [6.45, 7) is 4.00. The van der Waals surface area contributed by atoms with Crippen LogP contribution in [0.2, 0.25) is 0 Å². The van der Waals surface area contributed by atoms with Crippen LogP contribution in [0.15, 0.2) is 46.8 Å². The summed E-state index contributed by atoms with van der Waals surface area (Å²) < 4.78 is 15.3. The highest BCUT2D eigenvalue weighted by molar-refractivity contribution is 5.99. The number of ether oxygens (including phenoxy) is 3. The first kappa shape index (κ1) is 19.6. The second kappa shape index (κ2) is 7.81. The fraction of sp³-hybridized carbons (Fsp3) is 0.368. The summed E-state index contributed by atoms with van der Waals surface area (Å²) in [5.74, 6) is -2.11. The van der Waals surface area contributed by atoms with Gasteiger partial charge in [-0.15, -0.1) is 0 Å². The summed E-state index contributed by atoms with van der Waals surface area (Å²) in [5, 5.41) is 14.2. The number of carbonyl (C=O) groups excluding carboxylic acids is 2. The lowest BCUT2D eigenvalue weighted by atomic mass is 9.80. The summed E-state index contributed by atoms with van der Waals surface area (Å²) >= 11 is 0. The van der Waals surface area contributed by atoms with Crippen LogP contribution in [0.25, 0.3) is 0 Å². The van der Waals surface area contributed by atoms with Crippen LogP contribution >= 0.6 is 0 Å². The molecule has 148 valence electrons. The van der Waals surface area contributed by atoms with Crippen LogP contribution in [-0.4, -0.2) is 43.3 Å². The van der Waals surface area contributed by atoms with Crippen molar-refractivity contribution in [2.45, 2.75) is 25.9 Å². The van der Waals surface area contributed by atoms with Gasteiger partial charge in [0.05, 0.1) is 35.7 Å². The molecule has 2 aliphatic heterocycles. The van der Waals surface area contributed by atoms with E-state index in [2.05, 4.69) is 5.32 Å². The Morgan fingerprint density at radius 2 is 1.89 bits per heavy atom. The van der Waals surface area contributed by atoms with Crippen molar-refractivity contribution < 1.29 is 28.7 Å². The third kappa shape index (κ3) is 3.89. The highest BCUT2D eigenvalue weighted by Crippen LogP contribution is 2.40. The Balaban J connectivity index is 2.08. The van der Waals surface area contributed by atoms with Gasteiger partial charge < -0.3 is 19.5 Å². The van der Waals surface area contributed by atoms with Gasteiger partial charge in [-0.05, 0) is 19.4 Å². The van der Waals surface area contributed by atoms with Gasteiger partial charge in [0.2, 0.25) is 0 Å². The number of hydrogen-bond acceptors (Lipinski definition) is 8. The van der Waals surface area contributed by atoms with Gasteiger partial charge in [-0.3, -0.25) is 10.1 Å². The molecule has 1 aromatic carbocycles. The molecule has 0 spiro atoms. The molecule has 2 atom stereocenters. The Morgan fingerprint density at radius 3 is 2.46 bits per heavy atom. The number of nitrogens with one attached hydrogen (secondary N) is 1. The zero-order chi connectivity index (χ0) is 20.4. The molecule has 1 saturated heterocycles. The molecule has 28 heavy (non-hydrogen) atoms. The zero-order valence-corrected chi connectivity index (χ0v) is 15.7. The Kier molecular flexibility index (Phi) is 5.46. The van der Waals surface area contributed by atoms with E-state index in [4.69, 9.17) is 14.2 Å². The highest BCUT2D eigenvalue weighted by atomic mass is 16.6. The molecule has 2 unspecified atom stereocenters. The molecular formula is C19H20N2O7. The van der Waals surface area contributed by atoms with Crippen molar-refractivity contribution in [3.05, 3.63) is 62.5 Å². The van der Waals surface area contributed by atoms with Crippen LogP contribution in [0.5, 0.6) is 0 Å². The second-order valence-corrected chi connectivity index (χ2v) is 6.53. The number of allylic oxidation sites excluding steroid dienone is 2. The Labute approximate surface area is 161 Å². The van der Waals surface area contributed by atoms with Crippen LogP contribution in [0.3, 0.4) is 0 Å². The third-order valence-corrected chi connectivity index (χ3v) is 4.60. The predicted octanol–water partition coefficient (Wildman–Crippen LogP) is 1.94. The molecule has 1 aromatic rings. The number of methoxy groups -OCH3 is 1. The quantitative estimate of drug-likeness (QED) is 0.340. The molecule has 9 nitrogen and oxygen atoms in total. The maximum Gasteiger partial charge on any atom is 0.336 e. The number of benzene rings is 1. The van der Waals surface area contributed by atoms with E-state index in [0.29, 0.717) is 23.6 Å². The fourth-order valence-electron chi connectivity index (χ4n) is 3.21. The van der Waals surface area contributed by atoms with E-state index in [0.717, 1.165) is 0 Å². The smallest absolute Gasteiger partial charge is 0.336 e. The number of rotatable bonds is 6. The molecule has 0 aliphatic carbocycles. The minimum absolute atomic E-state index is 0.105. The van der Waals surface area contributed by atoms with Crippen LogP contribution in [0.4, 0.5) is 5.69 Å². The molecule has 0 bridgehead atoms. The van der Waals surface area contributed by atoms with Gasteiger partial charge >= 0.3 is 11.9 Å². The standard InChI is InChI=1S/C19H20N2O7/c1-10-15(18(22)26-3)17(12-5-4-6-13(7-12)21(24)25)16(11(2)20-10)19(23)28-9-14-8-27-14/h4-7,14,17,20H,8-9H2,1-3H3. The molecule has 1 fully saturated rings. The lowest BCUT2D eigenvalue weighted by molar-refractivity contribution is -0.384. The van der Waals surface area contributed by atoms with Crippen molar-refractivity contribution >= 4 is 17.6 Å². The van der Waals surface area contributed by atoms with Gasteiger partial charge in [-0.1, -0.05) is 12.1 Å². The van der Waals surface area contributed by atoms with E-state index >= 15 is 0 Å². The molecule has 2 aliphatic rings. The number of esters is 2. The van der Waals surface area contributed by atoms with E-state index < -0.39 is 22.8 Å². The number of nitro benzene ring substituents is 1. The summed E-state index contributed by atoms with van der Waals surface area (Å²) in [6, 6.07) is 5.83. The highest BCUT2D eigenvalue weighted by Gasteiger charge is 2.39. The number of nitro groups is 1. The average Bonchev–Trinajstić information content (AvgIpc) is 3.49. The van der Waals surface area contributed by atoms with Crippen molar-refractivity contribution in [3.63, 3.8) is 0 Å². The van der Waals surface area contributed by atoms with Crippen LogP contribution in [0, 0.1) is 10.1 Å². The molecule has 0 radical (unpaired) electrons. The SMILES string of the molecule is COC(=O)C1=C(C)NC(C)=C(C(=O)OCC2CO2)C1c1cccc([N+](=O)[O-])c1. The summed E-state index contributed by atoms with van der Waals surface area (Å²) in [4.78, 5) is 36.0. The second-order valence-electron chi connectivity index (χ2n) is 6.53. The van der Waals surface area contributed by atoms with E-state index in [-0.39, 0.29) is 29.5 Å². The summed E-state index contributed by atoms with van der Waals surface area (Å²) in [5.41, 5.74) is 1.68. The lowest BCUT2D eigenvalue weighted by Crippen LogP contribution is -2.32. The number of nitrogens with zero attached hydrogens (tertiary/aromatic N) is 1. The molecule has 0 saturated carbocycles. The number of hydrogen-bond donors (Lipinski definition) is 1. The van der Waals surface area contributed by atoms with Gasteiger partial charge in [0.15, 0.2) is 0 Å². The van der Waals surface area contributed by atoms with Crippen LogP contribution in [-0.2, 0) is 23.8 Å². The van der Waals surface area contributed by atoms with Crippen molar-refractivity contribution in [3.8, 4) is 0 Å². The minimum Gasteiger partial charge on any atom is -0.466 e. The topological polar surface area (TPSA) is 120 Å². The third-order valence-electron chi connectivity index (χ3n) is 4.60. The van der Waals surface area contributed by atoms with Gasteiger partial charge in [-0.2, -0.15) is 0 Å². The summed E-state index contributed by atoms with van der Waals surface area (Å²) in [7, 11) is 1.24. The van der Waals surface area contributed by atoms with E-state index in [9.17, 15) is 19.7 Å².